The number of hydrogen-bond acceptors (Lipinski definition) is 1. The quantitative estimate of drug-likeness (QED) is 0.638. The van der Waals surface area contributed by atoms with Crippen molar-refractivity contribution in [1.82, 2.24) is 0 Å². The Labute approximate surface area is 75.2 Å². The van der Waals surface area contributed by atoms with E-state index < -0.39 is 0 Å². The van der Waals surface area contributed by atoms with Crippen molar-refractivity contribution in [3.8, 4) is 0 Å². The van der Waals surface area contributed by atoms with Gasteiger partial charge in [0.15, 0.2) is 0 Å². The van der Waals surface area contributed by atoms with Crippen molar-refractivity contribution < 1.29 is 5.11 Å². The molecule has 2 unspecified atom stereocenters. The summed E-state index contributed by atoms with van der Waals surface area (Å²) in [5.41, 5.74) is -0.293. The number of fused-ring (bicyclic) bond motifs is 2. The van der Waals surface area contributed by atoms with Crippen molar-refractivity contribution in [2.45, 2.75) is 51.6 Å². The molecule has 0 radical (unpaired) electrons. The molecule has 1 nitrogen and oxygen atoms in total. The molecule has 2 rings (SSSR count). The van der Waals surface area contributed by atoms with Gasteiger partial charge in [0.2, 0.25) is 0 Å². The van der Waals surface area contributed by atoms with Gasteiger partial charge in [-0.3, -0.25) is 0 Å². The summed E-state index contributed by atoms with van der Waals surface area (Å²) in [5.74, 6) is 1.70. The van der Waals surface area contributed by atoms with Crippen LogP contribution in [0.5, 0.6) is 0 Å². The minimum absolute atomic E-state index is 0.293. The van der Waals surface area contributed by atoms with Crippen LogP contribution in [-0.4, -0.2) is 10.7 Å². The van der Waals surface area contributed by atoms with Gasteiger partial charge in [-0.25, -0.2) is 0 Å². The average molecular weight is 168 g/mol. The third-order valence-electron chi connectivity index (χ3n) is 4.20. The molecule has 0 saturated heterocycles. The van der Waals surface area contributed by atoms with Crippen LogP contribution in [0.3, 0.4) is 0 Å². The molecule has 2 aliphatic carbocycles. The summed E-state index contributed by atoms with van der Waals surface area (Å²) in [6.45, 7) is 4.35. The first-order chi connectivity index (χ1) is 5.65. The summed E-state index contributed by atoms with van der Waals surface area (Å²) in [6.07, 6.45) is 6.44. The second kappa shape index (κ2) is 2.73. The van der Waals surface area contributed by atoms with Gasteiger partial charge in [0.25, 0.3) is 0 Å². The van der Waals surface area contributed by atoms with Crippen molar-refractivity contribution in [2.24, 2.45) is 17.8 Å². The second-order valence-electron chi connectivity index (χ2n) is 4.94. The molecule has 0 aromatic carbocycles. The predicted molar refractivity (Wildman–Crippen MR) is 49.9 cm³/mol. The highest BCUT2D eigenvalue weighted by molar-refractivity contribution is 5.02. The summed E-state index contributed by atoms with van der Waals surface area (Å²) in [4.78, 5) is 0. The van der Waals surface area contributed by atoms with Gasteiger partial charge < -0.3 is 5.11 Å². The van der Waals surface area contributed by atoms with Gasteiger partial charge in [0.05, 0.1) is 5.60 Å². The minimum atomic E-state index is -0.293. The number of rotatable bonds is 1. The Hall–Kier alpha value is -0.0400. The van der Waals surface area contributed by atoms with E-state index in [2.05, 4.69) is 13.8 Å². The highest BCUT2D eigenvalue weighted by Crippen LogP contribution is 2.52. The Morgan fingerprint density at radius 1 is 1.08 bits per heavy atom. The van der Waals surface area contributed by atoms with Crippen LogP contribution < -0.4 is 0 Å². The Morgan fingerprint density at radius 2 is 1.58 bits per heavy atom. The molecule has 2 fully saturated rings. The summed E-state index contributed by atoms with van der Waals surface area (Å²) in [6, 6.07) is 0. The van der Waals surface area contributed by atoms with E-state index in [0.717, 1.165) is 0 Å². The van der Waals surface area contributed by atoms with E-state index in [1.165, 1.54) is 32.1 Å². The van der Waals surface area contributed by atoms with Gasteiger partial charge in [-0.15, -0.1) is 0 Å². The maximum atomic E-state index is 10.5. The first-order valence-corrected chi connectivity index (χ1v) is 5.38. The van der Waals surface area contributed by atoms with Crippen LogP contribution in [0, 0.1) is 17.8 Å². The van der Waals surface area contributed by atoms with E-state index in [9.17, 15) is 5.11 Å². The van der Waals surface area contributed by atoms with E-state index in [-0.39, 0.29) is 5.60 Å². The molecule has 1 N–H and O–H groups in total. The molecule has 0 spiro atoms. The van der Waals surface area contributed by atoms with Gasteiger partial charge in [0, 0.05) is 0 Å². The Balaban J connectivity index is 2.24. The highest BCUT2D eigenvalue weighted by Gasteiger charge is 2.52. The van der Waals surface area contributed by atoms with Gasteiger partial charge in [0.1, 0.15) is 0 Å². The van der Waals surface area contributed by atoms with Gasteiger partial charge in [-0.1, -0.05) is 20.3 Å². The van der Waals surface area contributed by atoms with Crippen molar-refractivity contribution in [3.63, 3.8) is 0 Å². The van der Waals surface area contributed by atoms with Crippen LogP contribution in [0.1, 0.15) is 46.0 Å². The fourth-order valence-corrected chi connectivity index (χ4v) is 3.50. The van der Waals surface area contributed by atoms with E-state index in [4.69, 9.17) is 0 Å². The zero-order chi connectivity index (χ0) is 8.77. The molecule has 70 valence electrons. The normalized spacial score (nSPS) is 47.0. The molecule has 2 bridgehead atoms. The number of hydrogen-bond donors (Lipinski definition) is 1. The Kier molecular flexibility index (Phi) is 1.95. The molecule has 1 heteroatoms. The fraction of sp³-hybridized carbons (Fsp3) is 1.00. The molecular weight excluding hydrogens is 148 g/mol. The molecule has 0 aliphatic heterocycles. The lowest BCUT2D eigenvalue weighted by atomic mass is 9.69. The van der Waals surface area contributed by atoms with Crippen LogP contribution in [-0.2, 0) is 0 Å². The monoisotopic (exact) mass is 168 g/mol. The summed E-state index contributed by atoms with van der Waals surface area (Å²) >= 11 is 0. The third kappa shape index (κ3) is 0.953. The third-order valence-corrected chi connectivity index (χ3v) is 4.20. The molecule has 0 aromatic heterocycles. The van der Waals surface area contributed by atoms with Crippen molar-refractivity contribution in [2.75, 3.05) is 0 Å². The molecule has 12 heavy (non-hydrogen) atoms. The molecule has 0 heterocycles. The summed E-state index contributed by atoms with van der Waals surface area (Å²) < 4.78 is 0. The first-order valence-electron chi connectivity index (χ1n) is 5.38. The molecular formula is C11H20O. The van der Waals surface area contributed by atoms with E-state index in [1.54, 1.807) is 0 Å². The van der Waals surface area contributed by atoms with Crippen LogP contribution in [0.25, 0.3) is 0 Å². The lowest BCUT2D eigenvalue weighted by Gasteiger charge is -2.42. The van der Waals surface area contributed by atoms with Crippen molar-refractivity contribution in [1.29, 1.82) is 0 Å². The van der Waals surface area contributed by atoms with Crippen LogP contribution >= 0.6 is 0 Å². The minimum Gasteiger partial charge on any atom is -0.389 e. The van der Waals surface area contributed by atoms with Crippen molar-refractivity contribution >= 4 is 0 Å². The lowest BCUT2D eigenvalue weighted by molar-refractivity contribution is -0.0953. The standard InChI is InChI=1S/C11H20O/c1-8(2)11(12)9-4-3-5-10(11)7-6-9/h8-10,12H,3-7H2,1-2H3. The van der Waals surface area contributed by atoms with Crippen LogP contribution in [0.2, 0.25) is 0 Å². The predicted octanol–water partition coefficient (Wildman–Crippen LogP) is 2.58. The topological polar surface area (TPSA) is 20.2 Å². The lowest BCUT2D eigenvalue weighted by Crippen LogP contribution is -2.47. The summed E-state index contributed by atoms with van der Waals surface area (Å²) in [7, 11) is 0. The maximum Gasteiger partial charge on any atom is 0.0726 e. The smallest absolute Gasteiger partial charge is 0.0726 e. The average Bonchev–Trinajstić information content (AvgIpc) is 2.24. The van der Waals surface area contributed by atoms with E-state index in [1.807, 2.05) is 0 Å². The molecule has 0 amide bonds. The van der Waals surface area contributed by atoms with Gasteiger partial charge in [-0.05, 0) is 43.4 Å². The Bertz CT molecular complexity index is 158. The summed E-state index contributed by atoms with van der Waals surface area (Å²) in [5, 5.41) is 10.5. The Morgan fingerprint density at radius 3 is 1.92 bits per heavy atom. The van der Waals surface area contributed by atoms with E-state index in [0.29, 0.717) is 17.8 Å². The van der Waals surface area contributed by atoms with Gasteiger partial charge >= 0.3 is 0 Å². The zero-order valence-electron chi connectivity index (χ0n) is 8.21. The molecule has 2 saturated carbocycles. The zero-order valence-corrected chi connectivity index (χ0v) is 8.21. The highest BCUT2D eigenvalue weighted by atomic mass is 16.3. The molecule has 2 aliphatic rings. The maximum absolute atomic E-state index is 10.5. The van der Waals surface area contributed by atoms with E-state index >= 15 is 0 Å². The molecule has 0 aromatic rings. The number of aliphatic hydroxyl groups is 1. The largest absolute Gasteiger partial charge is 0.389 e. The van der Waals surface area contributed by atoms with Crippen LogP contribution in [0.4, 0.5) is 0 Å². The van der Waals surface area contributed by atoms with Gasteiger partial charge in [-0.2, -0.15) is 0 Å². The fourth-order valence-electron chi connectivity index (χ4n) is 3.50. The van der Waals surface area contributed by atoms with Crippen LogP contribution in [0.15, 0.2) is 0 Å². The molecule has 2 atom stereocenters. The first kappa shape index (κ1) is 8.55. The second-order valence-corrected chi connectivity index (χ2v) is 4.94. The van der Waals surface area contributed by atoms with Crippen molar-refractivity contribution in [3.05, 3.63) is 0 Å². The SMILES string of the molecule is CC(C)C1(O)C2CCCC1CC2.